The Morgan fingerprint density at radius 3 is 1.48 bits per heavy atom. The number of nitrogens with zero attached hydrogens (tertiary/aromatic N) is 8. The number of rotatable bonds is 7. The van der Waals surface area contributed by atoms with Gasteiger partial charge < -0.3 is 18.6 Å². The smallest absolute Gasteiger partial charge is 0.223 e. The van der Waals surface area contributed by atoms with Gasteiger partial charge in [-0.25, -0.2) is 15.0 Å². The number of carbonyl (C=O) groups excluding carboxylic acids is 1. The molecule has 0 saturated carbocycles. The first-order valence-electron chi connectivity index (χ1n) is 19.8. The van der Waals surface area contributed by atoms with Gasteiger partial charge in [-0.2, -0.15) is 5.26 Å². The van der Waals surface area contributed by atoms with Crippen molar-refractivity contribution in [3.63, 3.8) is 0 Å². The third-order valence-corrected chi connectivity index (χ3v) is 10.8. The third kappa shape index (κ3) is 7.80. The van der Waals surface area contributed by atoms with E-state index in [0.29, 0.717) is 6.42 Å². The van der Waals surface area contributed by atoms with Crippen LogP contribution in [0.1, 0.15) is 119 Å². The van der Waals surface area contributed by atoms with E-state index in [1.165, 1.54) is 11.3 Å². The number of para-hydroxylation sites is 6. The SMILES string of the molecule is CCn1c(C(C#N)(CC)CC)nc2ccccc21.CCn1c(C(C)(C)C)nc2ccccc21.CCn1c(C2CC(=O)N(C(C)(C)C)C2)nc2ccccc21. The molecule has 286 valence electrons. The minimum Gasteiger partial charge on any atom is -0.337 e. The number of fused-ring (bicyclic) bond motifs is 3. The first kappa shape index (κ1) is 40.2. The van der Waals surface area contributed by atoms with Crippen LogP contribution in [-0.4, -0.2) is 51.5 Å². The number of likely N-dealkylation sites (tertiary alicyclic amines) is 1. The molecule has 1 amide bonds. The van der Waals surface area contributed by atoms with Gasteiger partial charge in [0.2, 0.25) is 5.91 Å². The summed E-state index contributed by atoms with van der Waals surface area (Å²) in [5.41, 5.74) is 6.16. The van der Waals surface area contributed by atoms with E-state index in [1.54, 1.807) is 0 Å². The molecule has 1 saturated heterocycles. The Morgan fingerprint density at radius 1 is 0.648 bits per heavy atom. The second-order valence-electron chi connectivity index (χ2n) is 16.3. The van der Waals surface area contributed by atoms with Crippen LogP contribution in [0.2, 0.25) is 0 Å². The van der Waals surface area contributed by atoms with Crippen LogP contribution in [0.25, 0.3) is 33.1 Å². The van der Waals surface area contributed by atoms with E-state index in [1.807, 2.05) is 47.4 Å². The number of nitriles is 1. The molecule has 9 nitrogen and oxygen atoms in total. The topological polar surface area (TPSA) is 97.6 Å². The van der Waals surface area contributed by atoms with Gasteiger partial charge in [0.05, 0.1) is 39.2 Å². The first-order valence-corrected chi connectivity index (χ1v) is 19.8. The number of amides is 1. The zero-order valence-electron chi connectivity index (χ0n) is 34.4. The molecule has 0 bridgehead atoms. The van der Waals surface area contributed by atoms with Crippen molar-refractivity contribution in [2.24, 2.45) is 0 Å². The minimum absolute atomic E-state index is 0.106. The van der Waals surface area contributed by atoms with E-state index in [4.69, 9.17) is 15.0 Å². The average molecular weight is 729 g/mol. The highest BCUT2D eigenvalue weighted by molar-refractivity contribution is 5.81. The number of hydrogen-bond acceptors (Lipinski definition) is 5. The fraction of sp³-hybridized carbons (Fsp3) is 0.489. The number of benzene rings is 3. The molecule has 4 heterocycles. The summed E-state index contributed by atoms with van der Waals surface area (Å²) in [6.07, 6.45) is 2.16. The molecule has 0 radical (unpaired) electrons. The van der Waals surface area contributed by atoms with Crippen LogP contribution >= 0.6 is 0 Å². The maximum absolute atomic E-state index is 12.3. The zero-order chi connectivity index (χ0) is 39.4. The summed E-state index contributed by atoms with van der Waals surface area (Å²) in [7, 11) is 0. The van der Waals surface area contributed by atoms with E-state index in [0.717, 1.165) is 78.3 Å². The fourth-order valence-electron chi connectivity index (χ4n) is 7.77. The van der Waals surface area contributed by atoms with Crippen molar-refractivity contribution >= 4 is 39.0 Å². The molecule has 0 aliphatic carbocycles. The Hall–Kier alpha value is -4.97. The summed E-state index contributed by atoms with van der Waals surface area (Å²) in [6.45, 7) is 26.9. The molecule has 1 unspecified atom stereocenters. The highest BCUT2D eigenvalue weighted by atomic mass is 16.2. The van der Waals surface area contributed by atoms with E-state index in [9.17, 15) is 10.1 Å². The lowest BCUT2D eigenvalue weighted by Crippen LogP contribution is -2.42. The van der Waals surface area contributed by atoms with Crippen LogP contribution in [0.3, 0.4) is 0 Å². The van der Waals surface area contributed by atoms with Crippen molar-refractivity contribution in [1.29, 1.82) is 5.26 Å². The predicted molar refractivity (Wildman–Crippen MR) is 222 cm³/mol. The zero-order valence-corrected chi connectivity index (χ0v) is 34.4. The van der Waals surface area contributed by atoms with Gasteiger partial charge in [-0.05, 0) is 90.8 Å². The standard InChI is InChI=1S/C17H23N3O.C15H19N3.C13H18N2/c1-5-19-14-9-7-6-8-13(14)18-16(19)12-10-15(21)20(11-12)17(2,3)4;1-4-15(5-2,11-16)14-17-12-9-7-8-10-13(12)18(14)6-3;1-5-15-11-9-7-6-8-10(11)14-12(15)13(2,3)4/h6-9,12H,5,10-11H2,1-4H3;7-10H,4-6H2,1-3H3;6-9H,5H2,1-4H3. The van der Waals surface area contributed by atoms with Crippen LogP contribution in [0.15, 0.2) is 72.8 Å². The van der Waals surface area contributed by atoms with Gasteiger partial charge >= 0.3 is 0 Å². The molecule has 1 fully saturated rings. The Bertz CT molecular complexity index is 2250. The van der Waals surface area contributed by atoms with Gasteiger partial charge in [0, 0.05) is 49.5 Å². The van der Waals surface area contributed by atoms with Crippen molar-refractivity contribution in [2.45, 2.75) is 137 Å². The lowest BCUT2D eigenvalue weighted by molar-refractivity contribution is -0.131. The molecule has 0 N–H and O–H groups in total. The van der Waals surface area contributed by atoms with Gasteiger partial charge in [0.15, 0.2) is 0 Å². The highest BCUT2D eigenvalue weighted by Gasteiger charge is 2.39. The quantitative estimate of drug-likeness (QED) is 0.163. The van der Waals surface area contributed by atoms with E-state index < -0.39 is 5.41 Å². The molecule has 3 aromatic carbocycles. The number of aromatic nitrogens is 6. The van der Waals surface area contributed by atoms with Crippen molar-refractivity contribution in [1.82, 2.24) is 33.6 Å². The van der Waals surface area contributed by atoms with Gasteiger partial charge in [0.1, 0.15) is 22.9 Å². The van der Waals surface area contributed by atoms with Crippen molar-refractivity contribution < 1.29 is 4.79 Å². The van der Waals surface area contributed by atoms with Gasteiger partial charge in [-0.15, -0.1) is 0 Å². The van der Waals surface area contributed by atoms with Gasteiger partial charge in [-0.3, -0.25) is 4.79 Å². The fourth-order valence-corrected chi connectivity index (χ4v) is 7.77. The second kappa shape index (κ2) is 16.2. The summed E-state index contributed by atoms with van der Waals surface area (Å²) in [6, 6.07) is 27.1. The van der Waals surface area contributed by atoms with E-state index in [2.05, 4.69) is 126 Å². The van der Waals surface area contributed by atoms with Crippen LogP contribution in [0, 0.1) is 11.3 Å². The highest BCUT2D eigenvalue weighted by Crippen LogP contribution is 2.35. The molecule has 6 aromatic rings. The minimum atomic E-state index is -0.463. The maximum atomic E-state index is 12.3. The molecule has 3 aromatic heterocycles. The van der Waals surface area contributed by atoms with Gasteiger partial charge in [-0.1, -0.05) is 71.0 Å². The summed E-state index contributed by atoms with van der Waals surface area (Å²) in [4.78, 5) is 28.5. The lowest BCUT2D eigenvalue weighted by Gasteiger charge is -2.32. The Morgan fingerprint density at radius 2 is 1.07 bits per heavy atom. The summed E-state index contributed by atoms with van der Waals surface area (Å²) in [5.74, 6) is 3.58. The molecular formula is C45H60N8O. The Balaban J connectivity index is 0.000000158. The maximum Gasteiger partial charge on any atom is 0.223 e. The largest absolute Gasteiger partial charge is 0.337 e. The van der Waals surface area contributed by atoms with Crippen molar-refractivity contribution in [2.75, 3.05) is 6.54 Å². The number of hydrogen-bond donors (Lipinski definition) is 0. The van der Waals surface area contributed by atoms with E-state index >= 15 is 0 Å². The molecule has 1 atom stereocenters. The lowest BCUT2D eigenvalue weighted by atomic mass is 9.83. The van der Waals surface area contributed by atoms with E-state index in [-0.39, 0.29) is 22.8 Å². The molecule has 1 aliphatic heterocycles. The molecule has 54 heavy (non-hydrogen) atoms. The van der Waals surface area contributed by atoms with Crippen LogP contribution in [-0.2, 0) is 35.3 Å². The van der Waals surface area contributed by atoms with Crippen LogP contribution in [0.5, 0.6) is 0 Å². The normalized spacial score (nSPS) is 15.0. The molecule has 1 aliphatic rings. The predicted octanol–water partition coefficient (Wildman–Crippen LogP) is 10.2. The summed E-state index contributed by atoms with van der Waals surface area (Å²) < 4.78 is 6.72. The number of carbonyl (C=O) groups is 1. The Kier molecular flexibility index (Phi) is 12.1. The van der Waals surface area contributed by atoms with Crippen LogP contribution < -0.4 is 0 Å². The molecule has 7 rings (SSSR count). The van der Waals surface area contributed by atoms with Crippen LogP contribution in [0.4, 0.5) is 0 Å². The molecule has 9 heteroatoms. The Labute approximate surface area is 322 Å². The summed E-state index contributed by atoms with van der Waals surface area (Å²) >= 11 is 0. The first-order chi connectivity index (χ1) is 25.7. The van der Waals surface area contributed by atoms with Crippen molar-refractivity contribution in [3.8, 4) is 6.07 Å². The average Bonchev–Trinajstić information content (AvgIpc) is 3.93. The molecule has 0 spiro atoms. The number of aryl methyl sites for hydroxylation is 3. The molecular weight excluding hydrogens is 669 g/mol. The van der Waals surface area contributed by atoms with Crippen molar-refractivity contribution in [3.05, 3.63) is 90.3 Å². The van der Waals surface area contributed by atoms with Gasteiger partial charge in [0.25, 0.3) is 0 Å². The summed E-state index contributed by atoms with van der Waals surface area (Å²) in [5, 5.41) is 9.57. The number of imidazole rings is 3. The third-order valence-electron chi connectivity index (χ3n) is 10.8. The second-order valence-corrected chi connectivity index (χ2v) is 16.3. The monoisotopic (exact) mass is 728 g/mol.